The second kappa shape index (κ2) is 4.33. The number of aromatic nitrogens is 3. The van der Waals surface area contributed by atoms with Crippen LogP contribution in [0.1, 0.15) is 19.3 Å². The second-order valence-electron chi connectivity index (χ2n) is 4.46. The summed E-state index contributed by atoms with van der Waals surface area (Å²) in [7, 11) is 2.95. The number of nitrogens with zero attached hydrogens (tertiary/aromatic N) is 3. The lowest BCUT2D eigenvalue weighted by atomic mass is 10.2. The van der Waals surface area contributed by atoms with Crippen LogP contribution in [-0.4, -0.2) is 26.4 Å². The molecule has 0 saturated heterocycles. The lowest BCUT2D eigenvalue weighted by molar-refractivity contribution is 0.585. The first-order chi connectivity index (χ1) is 8.00. The topological polar surface area (TPSA) is 94.9 Å². The molecule has 0 amide bonds. The van der Waals surface area contributed by atoms with Gasteiger partial charge in [0.25, 0.3) is 5.56 Å². The number of nitrogens with one attached hydrogen (secondary N) is 1. The van der Waals surface area contributed by atoms with Crippen LogP contribution in [0.2, 0.25) is 0 Å². The molecule has 0 bridgehead atoms. The zero-order chi connectivity index (χ0) is 12.6. The summed E-state index contributed by atoms with van der Waals surface area (Å²) in [5, 5.41) is 6.97. The van der Waals surface area contributed by atoms with Crippen molar-refractivity contribution in [2.45, 2.75) is 31.3 Å². The van der Waals surface area contributed by atoms with E-state index in [1.807, 2.05) is 0 Å². The zero-order valence-electron chi connectivity index (χ0n) is 10.0. The lowest BCUT2D eigenvalue weighted by Crippen LogP contribution is -2.43. The van der Waals surface area contributed by atoms with Gasteiger partial charge in [-0.3, -0.25) is 9.36 Å². The van der Waals surface area contributed by atoms with E-state index in [4.69, 9.17) is 5.73 Å². The maximum Gasteiger partial charge on any atom is 0.346 e. The molecule has 0 aromatic carbocycles. The molecule has 7 nitrogen and oxygen atoms in total. The third-order valence-corrected chi connectivity index (χ3v) is 3.21. The van der Waals surface area contributed by atoms with Crippen molar-refractivity contribution in [1.29, 1.82) is 0 Å². The van der Waals surface area contributed by atoms with E-state index in [9.17, 15) is 9.59 Å². The number of aryl methyl sites for hydroxylation is 1. The van der Waals surface area contributed by atoms with E-state index < -0.39 is 11.2 Å². The van der Waals surface area contributed by atoms with Gasteiger partial charge in [0.2, 0.25) is 5.82 Å². The van der Waals surface area contributed by atoms with Crippen LogP contribution in [0, 0.1) is 0 Å². The van der Waals surface area contributed by atoms with E-state index in [0.29, 0.717) is 0 Å². The molecule has 1 aliphatic carbocycles. The molecule has 0 aliphatic heterocycles. The molecule has 3 N–H and O–H groups in total. The summed E-state index contributed by atoms with van der Waals surface area (Å²) in [6.45, 7) is 0. The molecule has 0 radical (unpaired) electrons. The van der Waals surface area contributed by atoms with E-state index in [-0.39, 0.29) is 17.9 Å². The molecule has 17 heavy (non-hydrogen) atoms. The van der Waals surface area contributed by atoms with Crippen molar-refractivity contribution in [1.82, 2.24) is 14.3 Å². The van der Waals surface area contributed by atoms with Crippen LogP contribution < -0.4 is 22.3 Å². The van der Waals surface area contributed by atoms with Crippen LogP contribution in [0.15, 0.2) is 9.59 Å². The molecule has 2 atom stereocenters. The van der Waals surface area contributed by atoms with Gasteiger partial charge in [0, 0.05) is 26.2 Å². The minimum absolute atomic E-state index is 0.0405. The third kappa shape index (κ3) is 2.10. The molecule has 1 saturated carbocycles. The van der Waals surface area contributed by atoms with E-state index in [1.54, 1.807) is 0 Å². The fourth-order valence-corrected chi connectivity index (χ4v) is 2.13. The zero-order valence-corrected chi connectivity index (χ0v) is 10.0. The van der Waals surface area contributed by atoms with Gasteiger partial charge in [0.15, 0.2) is 0 Å². The number of nitrogens with two attached hydrogens (primary N) is 1. The van der Waals surface area contributed by atoms with Crippen molar-refractivity contribution in [3.63, 3.8) is 0 Å². The van der Waals surface area contributed by atoms with Gasteiger partial charge >= 0.3 is 5.69 Å². The van der Waals surface area contributed by atoms with Crippen molar-refractivity contribution in [2.75, 3.05) is 5.32 Å². The summed E-state index contributed by atoms with van der Waals surface area (Å²) in [4.78, 5) is 23.3. The van der Waals surface area contributed by atoms with Gasteiger partial charge in [-0.1, -0.05) is 0 Å². The van der Waals surface area contributed by atoms with Gasteiger partial charge in [-0.05, 0) is 19.3 Å². The average molecular weight is 239 g/mol. The predicted molar refractivity (Wildman–Crippen MR) is 64.0 cm³/mol. The summed E-state index contributed by atoms with van der Waals surface area (Å²) in [6, 6.07) is 0.103. The Morgan fingerprint density at radius 3 is 2.65 bits per heavy atom. The second-order valence-corrected chi connectivity index (χ2v) is 4.46. The standard InChI is InChI=1S/C10H17N5O2/c1-14-9(16)8(13-15(2)10(14)17)12-7-5-3-4-6(7)11/h6-7H,3-5,11H2,1-2H3,(H,12,13). The summed E-state index contributed by atoms with van der Waals surface area (Å²) < 4.78 is 2.18. The number of hydrogen-bond donors (Lipinski definition) is 2. The van der Waals surface area contributed by atoms with Crippen molar-refractivity contribution in [3.8, 4) is 0 Å². The van der Waals surface area contributed by atoms with Crippen LogP contribution in [0.3, 0.4) is 0 Å². The van der Waals surface area contributed by atoms with E-state index in [2.05, 4.69) is 10.4 Å². The monoisotopic (exact) mass is 239 g/mol. The highest BCUT2D eigenvalue weighted by Crippen LogP contribution is 2.19. The first-order valence-electron chi connectivity index (χ1n) is 5.67. The Balaban J connectivity index is 2.34. The molecule has 7 heteroatoms. The van der Waals surface area contributed by atoms with Crippen molar-refractivity contribution in [3.05, 3.63) is 20.8 Å². The highest BCUT2D eigenvalue weighted by atomic mass is 16.2. The van der Waals surface area contributed by atoms with E-state index in [0.717, 1.165) is 28.5 Å². The van der Waals surface area contributed by atoms with Crippen LogP contribution in [0.4, 0.5) is 5.82 Å². The van der Waals surface area contributed by atoms with Crippen molar-refractivity contribution < 1.29 is 0 Å². The van der Waals surface area contributed by atoms with E-state index in [1.165, 1.54) is 14.1 Å². The molecule has 94 valence electrons. The van der Waals surface area contributed by atoms with Crippen molar-refractivity contribution in [2.24, 2.45) is 19.8 Å². The van der Waals surface area contributed by atoms with Crippen LogP contribution >= 0.6 is 0 Å². The number of anilines is 1. The first-order valence-corrected chi connectivity index (χ1v) is 5.67. The summed E-state index contributed by atoms with van der Waals surface area (Å²) in [6.07, 6.45) is 2.92. The Kier molecular flexibility index (Phi) is 3.01. The predicted octanol–water partition coefficient (Wildman–Crippen LogP) is -1.23. The van der Waals surface area contributed by atoms with Crippen LogP contribution in [-0.2, 0) is 14.1 Å². The van der Waals surface area contributed by atoms with Gasteiger partial charge < -0.3 is 11.1 Å². The van der Waals surface area contributed by atoms with Gasteiger partial charge in [-0.25, -0.2) is 9.48 Å². The molecule has 1 aromatic rings. The summed E-state index contributed by atoms with van der Waals surface area (Å²) in [5.74, 6) is 0.192. The summed E-state index contributed by atoms with van der Waals surface area (Å²) in [5.41, 5.74) is 5.07. The molecular formula is C10H17N5O2. The molecule has 1 aliphatic rings. The quantitative estimate of drug-likeness (QED) is 0.674. The number of rotatable bonds is 2. The fourth-order valence-electron chi connectivity index (χ4n) is 2.13. The van der Waals surface area contributed by atoms with Gasteiger partial charge in [0.1, 0.15) is 0 Å². The minimum atomic E-state index is -0.434. The molecule has 0 spiro atoms. The Morgan fingerprint density at radius 1 is 1.35 bits per heavy atom. The van der Waals surface area contributed by atoms with Crippen molar-refractivity contribution >= 4 is 5.82 Å². The lowest BCUT2D eigenvalue weighted by Gasteiger charge is -2.17. The maximum absolute atomic E-state index is 11.8. The fraction of sp³-hybridized carbons (Fsp3) is 0.700. The highest BCUT2D eigenvalue weighted by molar-refractivity contribution is 5.32. The molecule has 1 heterocycles. The Hall–Kier alpha value is -1.63. The summed E-state index contributed by atoms with van der Waals surface area (Å²) >= 11 is 0. The van der Waals surface area contributed by atoms with Gasteiger partial charge in [0.05, 0.1) is 0 Å². The first kappa shape index (κ1) is 11.8. The van der Waals surface area contributed by atoms with Gasteiger partial charge in [-0.15, -0.1) is 5.10 Å². The van der Waals surface area contributed by atoms with Crippen LogP contribution in [0.25, 0.3) is 0 Å². The number of hydrogen-bond acceptors (Lipinski definition) is 5. The van der Waals surface area contributed by atoms with Gasteiger partial charge in [-0.2, -0.15) is 0 Å². The van der Waals surface area contributed by atoms with E-state index >= 15 is 0 Å². The molecule has 1 aromatic heterocycles. The SMILES string of the molecule is Cn1nc(NC2CCCC2N)c(=O)n(C)c1=O. The molecule has 1 fully saturated rings. The minimum Gasteiger partial charge on any atom is -0.360 e. The molecular weight excluding hydrogens is 222 g/mol. The molecule has 2 unspecified atom stereocenters. The Labute approximate surface area is 98.2 Å². The Bertz CT molecular complexity index is 532. The Morgan fingerprint density at radius 2 is 2.06 bits per heavy atom. The van der Waals surface area contributed by atoms with Crippen LogP contribution in [0.5, 0.6) is 0 Å². The average Bonchev–Trinajstić information content (AvgIpc) is 2.69. The largest absolute Gasteiger partial charge is 0.360 e. The molecule has 2 rings (SSSR count). The highest BCUT2D eigenvalue weighted by Gasteiger charge is 2.25. The third-order valence-electron chi connectivity index (χ3n) is 3.21. The normalized spacial score (nSPS) is 23.9. The maximum atomic E-state index is 11.8. The smallest absolute Gasteiger partial charge is 0.346 e.